The molecule has 0 spiro atoms. The lowest BCUT2D eigenvalue weighted by Gasteiger charge is -1.96. The highest BCUT2D eigenvalue weighted by Crippen LogP contribution is 1.98. The quantitative estimate of drug-likeness (QED) is 0.547. The second-order valence-electron chi connectivity index (χ2n) is 3.16. The van der Waals surface area contributed by atoms with Crippen molar-refractivity contribution in [2.24, 2.45) is 0 Å². The molecule has 0 atom stereocenters. The predicted molar refractivity (Wildman–Crippen MR) is 54.9 cm³/mol. The van der Waals surface area contributed by atoms with Gasteiger partial charge in [0, 0.05) is 25.8 Å². The van der Waals surface area contributed by atoms with Crippen LogP contribution in [0.2, 0.25) is 0 Å². The van der Waals surface area contributed by atoms with Gasteiger partial charge in [0.05, 0.1) is 5.69 Å². The minimum Gasteiger partial charge on any atom is -0.396 e. The molecular weight excluding hydrogens is 178 g/mol. The average molecular weight is 195 g/mol. The highest BCUT2D eigenvalue weighted by molar-refractivity contribution is 4.92. The molecular formula is C10H17N3O. The standard InChI is InChI=1S/C10H17N3O/c1-2-3-4-5-7-13-9-10(6-8-14)11-12-13/h2-3,9,14H,4-8H2,1H3/b3-2+. The van der Waals surface area contributed by atoms with E-state index in [1.807, 2.05) is 17.8 Å². The van der Waals surface area contributed by atoms with Crippen LogP contribution in [0.25, 0.3) is 0 Å². The Labute approximate surface area is 84.3 Å². The van der Waals surface area contributed by atoms with Crippen LogP contribution in [-0.2, 0) is 13.0 Å². The summed E-state index contributed by atoms with van der Waals surface area (Å²) in [5.41, 5.74) is 0.860. The molecule has 14 heavy (non-hydrogen) atoms. The molecule has 1 rings (SSSR count). The van der Waals surface area contributed by atoms with Gasteiger partial charge in [0.15, 0.2) is 0 Å². The summed E-state index contributed by atoms with van der Waals surface area (Å²) in [6, 6.07) is 0. The third-order valence-corrected chi connectivity index (χ3v) is 1.95. The van der Waals surface area contributed by atoms with E-state index in [9.17, 15) is 0 Å². The Balaban J connectivity index is 2.28. The summed E-state index contributed by atoms with van der Waals surface area (Å²) in [5.74, 6) is 0. The van der Waals surface area contributed by atoms with E-state index in [1.54, 1.807) is 0 Å². The molecule has 0 aliphatic rings. The van der Waals surface area contributed by atoms with E-state index in [1.165, 1.54) is 0 Å². The SMILES string of the molecule is C/C=C/CCCn1cc(CCO)nn1. The highest BCUT2D eigenvalue weighted by Gasteiger charge is 1.98. The van der Waals surface area contributed by atoms with Crippen molar-refractivity contribution >= 4 is 0 Å². The van der Waals surface area contributed by atoms with Gasteiger partial charge in [-0.1, -0.05) is 17.4 Å². The molecule has 0 fully saturated rings. The van der Waals surface area contributed by atoms with Crippen LogP contribution in [0.3, 0.4) is 0 Å². The lowest BCUT2D eigenvalue weighted by Crippen LogP contribution is -1.98. The smallest absolute Gasteiger partial charge is 0.0849 e. The van der Waals surface area contributed by atoms with Crippen LogP contribution in [0.5, 0.6) is 0 Å². The van der Waals surface area contributed by atoms with Crippen molar-refractivity contribution in [2.45, 2.75) is 32.7 Å². The number of aliphatic hydroxyl groups is 1. The van der Waals surface area contributed by atoms with Crippen LogP contribution >= 0.6 is 0 Å². The predicted octanol–water partition coefficient (Wildman–Crippen LogP) is 1.17. The van der Waals surface area contributed by atoms with Gasteiger partial charge in [-0.25, -0.2) is 0 Å². The van der Waals surface area contributed by atoms with E-state index in [4.69, 9.17) is 5.11 Å². The van der Waals surface area contributed by atoms with Gasteiger partial charge >= 0.3 is 0 Å². The second kappa shape index (κ2) is 6.32. The Kier molecular flexibility index (Phi) is 4.93. The second-order valence-corrected chi connectivity index (χ2v) is 3.16. The van der Waals surface area contributed by atoms with E-state index < -0.39 is 0 Å². The van der Waals surface area contributed by atoms with Crippen LogP contribution < -0.4 is 0 Å². The molecule has 0 unspecified atom stereocenters. The summed E-state index contributed by atoms with van der Waals surface area (Å²) in [5, 5.41) is 16.6. The molecule has 1 aromatic heterocycles. The normalized spacial score (nSPS) is 11.3. The molecule has 1 N–H and O–H groups in total. The van der Waals surface area contributed by atoms with Gasteiger partial charge in [0.25, 0.3) is 0 Å². The molecule has 0 saturated carbocycles. The molecule has 4 nitrogen and oxygen atoms in total. The zero-order valence-electron chi connectivity index (χ0n) is 8.56. The molecule has 0 saturated heterocycles. The van der Waals surface area contributed by atoms with Crippen LogP contribution in [0.1, 0.15) is 25.5 Å². The summed E-state index contributed by atoms with van der Waals surface area (Å²) >= 11 is 0. The largest absolute Gasteiger partial charge is 0.396 e. The minimum absolute atomic E-state index is 0.136. The number of unbranched alkanes of at least 4 members (excludes halogenated alkanes) is 1. The summed E-state index contributed by atoms with van der Waals surface area (Å²) in [7, 11) is 0. The zero-order chi connectivity index (χ0) is 10.2. The molecule has 0 radical (unpaired) electrons. The lowest BCUT2D eigenvalue weighted by atomic mass is 10.3. The highest BCUT2D eigenvalue weighted by atomic mass is 16.3. The molecule has 78 valence electrons. The van der Waals surface area contributed by atoms with Crippen molar-refractivity contribution in [3.63, 3.8) is 0 Å². The molecule has 1 heterocycles. The van der Waals surface area contributed by atoms with Crippen LogP contribution in [0.4, 0.5) is 0 Å². The first-order chi connectivity index (χ1) is 6.86. The van der Waals surface area contributed by atoms with Gasteiger partial charge in [0.1, 0.15) is 0 Å². The van der Waals surface area contributed by atoms with Gasteiger partial charge in [-0.05, 0) is 19.8 Å². The number of aromatic nitrogens is 3. The summed E-state index contributed by atoms with van der Waals surface area (Å²) in [6.45, 7) is 3.05. The fraction of sp³-hybridized carbons (Fsp3) is 0.600. The number of aryl methyl sites for hydroxylation is 1. The van der Waals surface area contributed by atoms with Crippen molar-refractivity contribution in [2.75, 3.05) is 6.61 Å². The van der Waals surface area contributed by atoms with Crippen molar-refractivity contribution < 1.29 is 5.11 Å². The van der Waals surface area contributed by atoms with Crippen LogP contribution in [0.15, 0.2) is 18.3 Å². The number of nitrogens with zero attached hydrogens (tertiary/aromatic N) is 3. The van der Waals surface area contributed by atoms with Crippen molar-refractivity contribution in [3.8, 4) is 0 Å². The zero-order valence-corrected chi connectivity index (χ0v) is 8.56. The third-order valence-electron chi connectivity index (χ3n) is 1.95. The molecule has 0 aliphatic heterocycles. The van der Waals surface area contributed by atoms with E-state index in [2.05, 4.69) is 22.5 Å². The average Bonchev–Trinajstić information content (AvgIpc) is 2.61. The maximum atomic E-state index is 8.69. The van der Waals surface area contributed by atoms with E-state index in [-0.39, 0.29) is 6.61 Å². The minimum atomic E-state index is 0.136. The fourth-order valence-corrected chi connectivity index (χ4v) is 1.21. The number of rotatable bonds is 6. The summed E-state index contributed by atoms with van der Waals surface area (Å²) in [4.78, 5) is 0. The number of hydrogen-bond acceptors (Lipinski definition) is 3. The maximum absolute atomic E-state index is 8.69. The lowest BCUT2D eigenvalue weighted by molar-refractivity contribution is 0.298. The van der Waals surface area contributed by atoms with E-state index >= 15 is 0 Å². The van der Waals surface area contributed by atoms with E-state index in [0.29, 0.717) is 6.42 Å². The Morgan fingerprint density at radius 1 is 1.57 bits per heavy atom. The summed E-state index contributed by atoms with van der Waals surface area (Å²) < 4.78 is 1.83. The van der Waals surface area contributed by atoms with E-state index in [0.717, 1.165) is 25.1 Å². The number of aliphatic hydroxyl groups excluding tert-OH is 1. The molecule has 0 amide bonds. The van der Waals surface area contributed by atoms with Crippen LogP contribution in [-0.4, -0.2) is 26.7 Å². The number of allylic oxidation sites excluding steroid dienone is 2. The van der Waals surface area contributed by atoms with Gasteiger partial charge in [-0.2, -0.15) is 0 Å². The first-order valence-corrected chi connectivity index (χ1v) is 4.98. The van der Waals surface area contributed by atoms with Crippen LogP contribution in [0, 0.1) is 0 Å². The van der Waals surface area contributed by atoms with Gasteiger partial charge < -0.3 is 5.11 Å². The summed E-state index contributed by atoms with van der Waals surface area (Å²) in [6.07, 6.45) is 8.84. The van der Waals surface area contributed by atoms with Gasteiger partial charge in [-0.15, -0.1) is 5.10 Å². The first-order valence-electron chi connectivity index (χ1n) is 4.98. The molecule has 0 aromatic carbocycles. The molecule has 0 aliphatic carbocycles. The first kappa shape index (κ1) is 10.9. The number of hydrogen-bond donors (Lipinski definition) is 1. The molecule has 0 bridgehead atoms. The Hall–Kier alpha value is -1.16. The van der Waals surface area contributed by atoms with Crippen molar-refractivity contribution in [1.29, 1.82) is 0 Å². The van der Waals surface area contributed by atoms with Crippen molar-refractivity contribution in [1.82, 2.24) is 15.0 Å². The Morgan fingerprint density at radius 3 is 3.14 bits per heavy atom. The van der Waals surface area contributed by atoms with Gasteiger partial charge in [-0.3, -0.25) is 4.68 Å². The topological polar surface area (TPSA) is 50.9 Å². The fourth-order valence-electron chi connectivity index (χ4n) is 1.21. The third kappa shape index (κ3) is 3.70. The monoisotopic (exact) mass is 195 g/mol. The Bertz CT molecular complexity index is 281. The van der Waals surface area contributed by atoms with Gasteiger partial charge in [0.2, 0.25) is 0 Å². The van der Waals surface area contributed by atoms with Crippen molar-refractivity contribution in [3.05, 3.63) is 24.0 Å². The Morgan fingerprint density at radius 2 is 2.43 bits per heavy atom. The maximum Gasteiger partial charge on any atom is 0.0849 e. The molecule has 4 heteroatoms. The molecule has 1 aromatic rings.